The van der Waals surface area contributed by atoms with Crippen molar-refractivity contribution < 1.29 is 9.53 Å². The standard InChI is InChI=1S/C23H25N3O2S/c1-17-8-7-13-26(14-17)22(27)16-29-23-19-11-5-6-12-20(19)24-21(25-23)15-28-18-9-3-2-4-10-18/h2-6,9-12,17H,7-8,13-16H2,1H3. The van der Waals surface area contributed by atoms with Gasteiger partial charge < -0.3 is 9.64 Å². The molecule has 0 aliphatic carbocycles. The highest BCUT2D eigenvalue weighted by Gasteiger charge is 2.21. The zero-order chi connectivity index (χ0) is 20.1. The predicted octanol–water partition coefficient (Wildman–Crippen LogP) is 4.56. The second-order valence-electron chi connectivity index (χ2n) is 7.44. The average Bonchev–Trinajstić information content (AvgIpc) is 2.76. The van der Waals surface area contributed by atoms with Crippen LogP contribution < -0.4 is 4.74 Å². The van der Waals surface area contributed by atoms with E-state index >= 15 is 0 Å². The first-order valence-corrected chi connectivity index (χ1v) is 11.0. The lowest BCUT2D eigenvalue weighted by Gasteiger charge is -2.30. The number of para-hydroxylation sites is 2. The van der Waals surface area contributed by atoms with E-state index in [4.69, 9.17) is 9.72 Å². The molecule has 0 radical (unpaired) electrons. The van der Waals surface area contributed by atoms with Gasteiger partial charge in [-0.1, -0.05) is 55.1 Å². The van der Waals surface area contributed by atoms with E-state index in [0.717, 1.165) is 41.2 Å². The van der Waals surface area contributed by atoms with E-state index in [-0.39, 0.29) is 5.91 Å². The number of piperidine rings is 1. The van der Waals surface area contributed by atoms with Crippen LogP contribution in [0.4, 0.5) is 0 Å². The number of likely N-dealkylation sites (tertiary alicyclic amines) is 1. The highest BCUT2D eigenvalue weighted by molar-refractivity contribution is 8.00. The first kappa shape index (κ1) is 19.7. The average molecular weight is 408 g/mol. The summed E-state index contributed by atoms with van der Waals surface area (Å²) in [6.45, 7) is 4.23. The van der Waals surface area contributed by atoms with E-state index in [2.05, 4.69) is 11.9 Å². The number of carbonyl (C=O) groups excluding carboxylic acids is 1. The van der Waals surface area contributed by atoms with Crippen molar-refractivity contribution in [2.45, 2.75) is 31.4 Å². The van der Waals surface area contributed by atoms with Gasteiger partial charge in [0.25, 0.3) is 0 Å². The molecular weight excluding hydrogens is 382 g/mol. The maximum Gasteiger partial charge on any atom is 0.232 e. The van der Waals surface area contributed by atoms with Gasteiger partial charge in [-0.05, 0) is 37.0 Å². The molecule has 2 heterocycles. The number of rotatable bonds is 6. The Balaban J connectivity index is 1.49. The van der Waals surface area contributed by atoms with Gasteiger partial charge in [0.15, 0.2) is 5.82 Å². The third-order valence-corrected chi connectivity index (χ3v) is 6.04. The normalized spacial score (nSPS) is 16.7. The molecule has 6 heteroatoms. The lowest BCUT2D eigenvalue weighted by molar-refractivity contribution is -0.130. The fourth-order valence-corrected chi connectivity index (χ4v) is 4.51. The van der Waals surface area contributed by atoms with Crippen LogP contribution in [0.5, 0.6) is 5.75 Å². The van der Waals surface area contributed by atoms with E-state index in [1.54, 1.807) is 0 Å². The zero-order valence-electron chi connectivity index (χ0n) is 16.6. The van der Waals surface area contributed by atoms with Crippen LogP contribution in [0, 0.1) is 5.92 Å². The van der Waals surface area contributed by atoms with Gasteiger partial charge in [0.05, 0.1) is 11.3 Å². The lowest BCUT2D eigenvalue weighted by Crippen LogP contribution is -2.40. The molecule has 5 nitrogen and oxygen atoms in total. The highest BCUT2D eigenvalue weighted by atomic mass is 32.2. The van der Waals surface area contributed by atoms with Crippen LogP contribution in [-0.2, 0) is 11.4 Å². The molecule has 1 unspecified atom stereocenters. The Morgan fingerprint density at radius 3 is 2.76 bits per heavy atom. The number of thioether (sulfide) groups is 1. The second kappa shape index (κ2) is 9.27. The molecule has 150 valence electrons. The second-order valence-corrected chi connectivity index (χ2v) is 8.40. The number of carbonyl (C=O) groups is 1. The van der Waals surface area contributed by atoms with E-state index in [1.807, 2.05) is 59.5 Å². The summed E-state index contributed by atoms with van der Waals surface area (Å²) < 4.78 is 5.82. The minimum absolute atomic E-state index is 0.186. The number of nitrogens with zero attached hydrogens (tertiary/aromatic N) is 3. The Morgan fingerprint density at radius 1 is 1.14 bits per heavy atom. The van der Waals surface area contributed by atoms with Crippen molar-refractivity contribution in [3.05, 3.63) is 60.4 Å². The Bertz CT molecular complexity index is 980. The molecule has 0 bridgehead atoms. The van der Waals surface area contributed by atoms with Gasteiger partial charge in [-0.25, -0.2) is 9.97 Å². The van der Waals surface area contributed by atoms with Gasteiger partial charge in [0.2, 0.25) is 5.91 Å². The topological polar surface area (TPSA) is 55.3 Å². The molecule has 0 N–H and O–H groups in total. The van der Waals surface area contributed by atoms with Crippen LogP contribution in [-0.4, -0.2) is 39.6 Å². The summed E-state index contributed by atoms with van der Waals surface area (Å²) in [5, 5.41) is 1.81. The van der Waals surface area contributed by atoms with Crippen LogP contribution in [0.1, 0.15) is 25.6 Å². The smallest absolute Gasteiger partial charge is 0.232 e. The van der Waals surface area contributed by atoms with E-state index < -0.39 is 0 Å². The fraction of sp³-hybridized carbons (Fsp3) is 0.348. The number of ether oxygens (including phenoxy) is 1. The summed E-state index contributed by atoms with van der Waals surface area (Å²) in [4.78, 5) is 24.0. The molecule has 1 fully saturated rings. The van der Waals surface area contributed by atoms with Crippen molar-refractivity contribution in [1.29, 1.82) is 0 Å². The van der Waals surface area contributed by atoms with Gasteiger partial charge in [-0.2, -0.15) is 0 Å². The van der Waals surface area contributed by atoms with Crippen LogP contribution in [0.25, 0.3) is 10.9 Å². The maximum atomic E-state index is 12.7. The summed E-state index contributed by atoms with van der Waals surface area (Å²) in [6, 6.07) is 17.6. The number of aromatic nitrogens is 2. The molecule has 1 atom stereocenters. The molecule has 1 aliphatic heterocycles. The number of hydrogen-bond acceptors (Lipinski definition) is 5. The molecule has 4 rings (SSSR count). The van der Waals surface area contributed by atoms with Crippen molar-refractivity contribution >= 4 is 28.6 Å². The molecule has 1 saturated heterocycles. The van der Waals surface area contributed by atoms with Crippen molar-refractivity contribution in [3.8, 4) is 5.75 Å². The number of benzene rings is 2. The molecule has 1 aliphatic rings. The molecule has 1 amide bonds. The van der Waals surface area contributed by atoms with E-state index in [0.29, 0.717) is 24.1 Å². The Hall–Kier alpha value is -2.60. The molecule has 29 heavy (non-hydrogen) atoms. The third-order valence-electron chi connectivity index (χ3n) is 5.07. The highest BCUT2D eigenvalue weighted by Crippen LogP contribution is 2.26. The van der Waals surface area contributed by atoms with Gasteiger partial charge in [0, 0.05) is 18.5 Å². The number of fused-ring (bicyclic) bond motifs is 1. The predicted molar refractivity (Wildman–Crippen MR) is 116 cm³/mol. The Morgan fingerprint density at radius 2 is 1.93 bits per heavy atom. The summed E-state index contributed by atoms with van der Waals surface area (Å²) >= 11 is 1.49. The number of amides is 1. The summed E-state index contributed by atoms with van der Waals surface area (Å²) in [5.74, 6) is 2.57. The number of hydrogen-bond donors (Lipinski definition) is 0. The summed E-state index contributed by atoms with van der Waals surface area (Å²) in [5.41, 5.74) is 0.871. The van der Waals surface area contributed by atoms with Crippen molar-refractivity contribution in [2.75, 3.05) is 18.8 Å². The maximum absolute atomic E-state index is 12.7. The summed E-state index contributed by atoms with van der Waals surface area (Å²) in [6.07, 6.45) is 2.30. The van der Waals surface area contributed by atoms with Crippen LogP contribution >= 0.6 is 11.8 Å². The fourth-order valence-electron chi connectivity index (χ4n) is 3.57. The third kappa shape index (κ3) is 5.07. The first-order chi connectivity index (χ1) is 14.2. The van der Waals surface area contributed by atoms with Crippen molar-refractivity contribution in [3.63, 3.8) is 0 Å². The van der Waals surface area contributed by atoms with Gasteiger partial charge in [-0.3, -0.25) is 4.79 Å². The SMILES string of the molecule is CC1CCCN(C(=O)CSc2nc(COc3ccccc3)nc3ccccc23)C1. The molecule has 0 saturated carbocycles. The van der Waals surface area contributed by atoms with Crippen molar-refractivity contribution in [1.82, 2.24) is 14.9 Å². The minimum atomic E-state index is 0.186. The molecular formula is C23H25N3O2S. The first-order valence-electron chi connectivity index (χ1n) is 10.0. The Labute approximate surface area is 175 Å². The lowest BCUT2D eigenvalue weighted by atomic mass is 10.0. The van der Waals surface area contributed by atoms with Crippen LogP contribution in [0.3, 0.4) is 0 Å². The monoisotopic (exact) mass is 407 g/mol. The minimum Gasteiger partial charge on any atom is -0.486 e. The van der Waals surface area contributed by atoms with Crippen LogP contribution in [0.2, 0.25) is 0 Å². The summed E-state index contributed by atoms with van der Waals surface area (Å²) in [7, 11) is 0. The van der Waals surface area contributed by atoms with Gasteiger partial charge in [-0.15, -0.1) is 0 Å². The largest absolute Gasteiger partial charge is 0.486 e. The quantitative estimate of drug-likeness (QED) is 0.443. The molecule has 3 aromatic rings. The Kier molecular flexibility index (Phi) is 6.30. The zero-order valence-corrected chi connectivity index (χ0v) is 17.4. The van der Waals surface area contributed by atoms with E-state index in [9.17, 15) is 4.79 Å². The van der Waals surface area contributed by atoms with Gasteiger partial charge in [0.1, 0.15) is 17.4 Å². The van der Waals surface area contributed by atoms with Crippen LogP contribution in [0.15, 0.2) is 59.6 Å². The van der Waals surface area contributed by atoms with Gasteiger partial charge >= 0.3 is 0 Å². The molecule has 2 aromatic carbocycles. The van der Waals surface area contributed by atoms with Crippen molar-refractivity contribution in [2.24, 2.45) is 5.92 Å². The molecule has 0 spiro atoms. The molecule has 1 aromatic heterocycles. The van der Waals surface area contributed by atoms with E-state index in [1.165, 1.54) is 18.2 Å².